The molecule has 1 unspecified atom stereocenters. The maximum absolute atomic E-state index is 5.15. The van der Waals surface area contributed by atoms with Crippen LogP contribution in [0.5, 0.6) is 0 Å². The summed E-state index contributed by atoms with van der Waals surface area (Å²) in [5, 5.41) is 0. The Balaban J connectivity index is 3.73. The van der Waals surface area contributed by atoms with E-state index in [4.69, 9.17) is 20.9 Å². The Labute approximate surface area is 66.3 Å². The van der Waals surface area contributed by atoms with E-state index in [1.807, 2.05) is 13.8 Å². The lowest BCUT2D eigenvalue weighted by molar-refractivity contribution is 0.234. The van der Waals surface area contributed by atoms with Gasteiger partial charge in [0.1, 0.15) is 0 Å². The van der Waals surface area contributed by atoms with Gasteiger partial charge < -0.3 is 9.05 Å². The summed E-state index contributed by atoms with van der Waals surface area (Å²) in [6.07, 6.45) is 0.0910. The van der Waals surface area contributed by atoms with Crippen molar-refractivity contribution in [1.82, 2.24) is 0 Å². The SMILES string of the molecule is COP(=S)(S)OC(C)C. The first-order valence-corrected chi connectivity index (χ1v) is 6.34. The fourth-order valence-corrected chi connectivity index (χ4v) is 2.01. The van der Waals surface area contributed by atoms with Gasteiger partial charge in [0.2, 0.25) is 5.69 Å². The third-order valence-electron chi connectivity index (χ3n) is 0.575. The zero-order valence-electron chi connectivity index (χ0n) is 5.70. The molecule has 9 heavy (non-hydrogen) atoms. The molecular weight excluding hydrogens is 175 g/mol. The fourth-order valence-electron chi connectivity index (χ4n) is 0.309. The highest BCUT2D eigenvalue weighted by Crippen LogP contribution is 2.53. The summed E-state index contributed by atoms with van der Waals surface area (Å²) in [7, 11) is 1.51. The summed E-state index contributed by atoms with van der Waals surface area (Å²) in [5.41, 5.74) is -2.20. The maximum atomic E-state index is 5.15. The van der Waals surface area contributed by atoms with Crippen LogP contribution in [-0.2, 0) is 20.9 Å². The van der Waals surface area contributed by atoms with Crippen LogP contribution in [0, 0.1) is 0 Å². The quantitative estimate of drug-likeness (QED) is 0.538. The van der Waals surface area contributed by atoms with E-state index in [1.54, 1.807) is 0 Å². The van der Waals surface area contributed by atoms with Crippen molar-refractivity contribution < 1.29 is 9.05 Å². The third-order valence-corrected chi connectivity index (χ3v) is 3.20. The molecule has 0 aromatic carbocycles. The molecule has 0 aliphatic carbocycles. The van der Waals surface area contributed by atoms with E-state index in [0.29, 0.717) is 0 Å². The Bertz CT molecular complexity index is 126. The normalized spacial score (nSPS) is 17.9. The average Bonchev–Trinajstić information content (AvgIpc) is 1.63. The average molecular weight is 186 g/mol. The van der Waals surface area contributed by atoms with Gasteiger partial charge in [0.25, 0.3) is 0 Å². The van der Waals surface area contributed by atoms with Gasteiger partial charge in [0.15, 0.2) is 0 Å². The van der Waals surface area contributed by atoms with Crippen LogP contribution in [0.15, 0.2) is 0 Å². The summed E-state index contributed by atoms with van der Waals surface area (Å²) in [5.74, 6) is 0. The Kier molecular flexibility index (Phi) is 4.34. The highest BCUT2D eigenvalue weighted by molar-refractivity contribution is 8.60. The van der Waals surface area contributed by atoms with Gasteiger partial charge in [-0.2, -0.15) is 0 Å². The monoisotopic (exact) mass is 186 g/mol. The van der Waals surface area contributed by atoms with Gasteiger partial charge in [0.05, 0.1) is 6.10 Å². The number of hydrogen-bond donors (Lipinski definition) is 1. The Morgan fingerprint density at radius 3 is 2.11 bits per heavy atom. The first kappa shape index (κ1) is 9.92. The largest absolute Gasteiger partial charge is 0.325 e. The minimum Gasteiger partial charge on any atom is -0.325 e. The lowest BCUT2D eigenvalue weighted by Crippen LogP contribution is -1.97. The van der Waals surface area contributed by atoms with E-state index in [0.717, 1.165) is 0 Å². The Morgan fingerprint density at radius 1 is 1.56 bits per heavy atom. The van der Waals surface area contributed by atoms with Crippen molar-refractivity contribution >= 4 is 29.7 Å². The first-order chi connectivity index (χ1) is 3.98. The summed E-state index contributed by atoms with van der Waals surface area (Å²) in [6.45, 7) is 3.80. The smallest absolute Gasteiger partial charge is 0.244 e. The highest BCUT2D eigenvalue weighted by Gasteiger charge is 2.11. The van der Waals surface area contributed by atoms with Gasteiger partial charge in [0, 0.05) is 7.11 Å². The van der Waals surface area contributed by atoms with Gasteiger partial charge in [-0.25, -0.2) is 0 Å². The molecule has 1 atom stereocenters. The van der Waals surface area contributed by atoms with Crippen LogP contribution in [0.25, 0.3) is 0 Å². The molecule has 0 rings (SSSR count). The molecule has 0 aromatic heterocycles. The van der Waals surface area contributed by atoms with Gasteiger partial charge in [-0.3, -0.25) is 0 Å². The number of hydrogen-bond acceptors (Lipinski definition) is 3. The second kappa shape index (κ2) is 3.94. The fraction of sp³-hybridized carbons (Fsp3) is 1.00. The van der Waals surface area contributed by atoms with E-state index in [1.165, 1.54) is 7.11 Å². The van der Waals surface area contributed by atoms with Gasteiger partial charge >= 0.3 is 0 Å². The van der Waals surface area contributed by atoms with E-state index in [-0.39, 0.29) is 6.10 Å². The Morgan fingerprint density at radius 2 is 2.00 bits per heavy atom. The highest BCUT2D eigenvalue weighted by atomic mass is 32.9. The minimum absolute atomic E-state index is 0.0910. The van der Waals surface area contributed by atoms with Crippen molar-refractivity contribution in [2.75, 3.05) is 7.11 Å². The molecule has 5 heteroatoms. The molecule has 0 saturated heterocycles. The Hall–Kier alpha value is 0.920. The van der Waals surface area contributed by atoms with Crippen molar-refractivity contribution in [2.45, 2.75) is 20.0 Å². The molecular formula is C4H11O2PS2. The van der Waals surface area contributed by atoms with Crippen molar-refractivity contribution in [1.29, 1.82) is 0 Å². The molecule has 0 heterocycles. The van der Waals surface area contributed by atoms with Crippen LogP contribution < -0.4 is 0 Å². The number of thiol groups is 1. The molecule has 0 radical (unpaired) electrons. The topological polar surface area (TPSA) is 18.5 Å². The number of rotatable bonds is 3. The predicted octanol–water partition coefficient (Wildman–Crippen LogP) is 2.21. The molecule has 56 valence electrons. The van der Waals surface area contributed by atoms with Crippen LogP contribution in [0.3, 0.4) is 0 Å². The van der Waals surface area contributed by atoms with Gasteiger partial charge in [-0.05, 0) is 25.7 Å². The van der Waals surface area contributed by atoms with Crippen LogP contribution in [0.4, 0.5) is 0 Å². The second-order valence-corrected chi connectivity index (χ2v) is 7.15. The van der Waals surface area contributed by atoms with Crippen molar-refractivity contribution in [3.05, 3.63) is 0 Å². The summed E-state index contributed by atoms with van der Waals surface area (Å²) < 4.78 is 9.97. The molecule has 0 aromatic rings. The molecule has 0 N–H and O–H groups in total. The molecule has 0 aliphatic rings. The molecule has 0 spiro atoms. The van der Waals surface area contributed by atoms with E-state index >= 15 is 0 Å². The zero-order chi connectivity index (χ0) is 7.49. The molecule has 0 amide bonds. The third kappa shape index (κ3) is 5.37. The molecule has 0 fully saturated rings. The van der Waals surface area contributed by atoms with E-state index in [2.05, 4.69) is 12.2 Å². The van der Waals surface area contributed by atoms with Gasteiger partial charge in [-0.15, -0.1) is 0 Å². The lowest BCUT2D eigenvalue weighted by Gasteiger charge is -2.15. The van der Waals surface area contributed by atoms with Crippen LogP contribution >= 0.6 is 17.9 Å². The molecule has 0 bridgehead atoms. The second-order valence-electron chi connectivity index (χ2n) is 1.81. The molecule has 2 nitrogen and oxygen atoms in total. The minimum atomic E-state index is -2.20. The molecule has 0 aliphatic heterocycles. The van der Waals surface area contributed by atoms with E-state index in [9.17, 15) is 0 Å². The van der Waals surface area contributed by atoms with Crippen molar-refractivity contribution in [3.63, 3.8) is 0 Å². The summed E-state index contributed by atoms with van der Waals surface area (Å²) in [6, 6.07) is 0. The van der Waals surface area contributed by atoms with E-state index < -0.39 is 5.69 Å². The zero-order valence-corrected chi connectivity index (χ0v) is 8.30. The van der Waals surface area contributed by atoms with Crippen LogP contribution in [0.1, 0.15) is 13.8 Å². The van der Waals surface area contributed by atoms with Crippen molar-refractivity contribution in [2.24, 2.45) is 0 Å². The standard InChI is InChI=1S/C4H11O2PS2/c1-4(2)6-7(8,9)5-3/h4H,1-3H3,(H,8,9). The lowest BCUT2D eigenvalue weighted by atomic mass is 10.5. The van der Waals surface area contributed by atoms with Crippen molar-refractivity contribution in [3.8, 4) is 0 Å². The van der Waals surface area contributed by atoms with Crippen LogP contribution in [0.2, 0.25) is 0 Å². The predicted molar refractivity (Wildman–Crippen MR) is 46.5 cm³/mol. The molecule has 0 saturated carbocycles. The summed E-state index contributed by atoms with van der Waals surface area (Å²) >= 11 is 8.86. The summed E-state index contributed by atoms with van der Waals surface area (Å²) in [4.78, 5) is 0. The van der Waals surface area contributed by atoms with Gasteiger partial charge in [-0.1, -0.05) is 12.2 Å². The maximum Gasteiger partial charge on any atom is 0.244 e. The van der Waals surface area contributed by atoms with Crippen LogP contribution in [-0.4, -0.2) is 13.2 Å². The first-order valence-electron chi connectivity index (χ1n) is 2.55.